The standard InChI is InChI=1S/C17H27N3O2S2/c1-12(2)23-10-5-18-16(21)13-3-4-15-14(11-13)19-17(24-15)20-6-8-22-9-7-20/h12-13H,3-11H2,1-2H3,(H,18,21). The first-order valence-corrected chi connectivity index (χ1v) is 10.7. The quantitative estimate of drug-likeness (QED) is 0.780. The number of thioether (sulfide) groups is 1. The molecule has 1 amide bonds. The summed E-state index contributed by atoms with van der Waals surface area (Å²) in [7, 11) is 0. The third-order valence-corrected chi connectivity index (χ3v) is 6.76. The van der Waals surface area contributed by atoms with E-state index in [9.17, 15) is 4.79 Å². The molecule has 1 aromatic heterocycles. The van der Waals surface area contributed by atoms with Crippen molar-refractivity contribution in [3.8, 4) is 0 Å². The number of nitrogens with zero attached hydrogens (tertiary/aromatic N) is 2. The SMILES string of the molecule is CC(C)SCCNC(=O)C1CCc2sc(N3CCOCC3)nc2C1. The monoisotopic (exact) mass is 369 g/mol. The van der Waals surface area contributed by atoms with E-state index in [1.54, 1.807) is 11.3 Å². The van der Waals surface area contributed by atoms with Crippen LogP contribution in [0.2, 0.25) is 0 Å². The van der Waals surface area contributed by atoms with Gasteiger partial charge in [0.25, 0.3) is 0 Å². The molecule has 1 aliphatic carbocycles. The van der Waals surface area contributed by atoms with Gasteiger partial charge in [0.2, 0.25) is 5.91 Å². The average Bonchev–Trinajstić information content (AvgIpc) is 3.02. The molecular weight excluding hydrogens is 342 g/mol. The van der Waals surface area contributed by atoms with Crippen molar-refractivity contribution in [1.29, 1.82) is 0 Å². The molecule has 0 aromatic carbocycles. The van der Waals surface area contributed by atoms with Crippen molar-refractivity contribution in [3.63, 3.8) is 0 Å². The van der Waals surface area contributed by atoms with Gasteiger partial charge in [0.05, 0.1) is 18.9 Å². The number of thiazole rings is 1. The first-order valence-electron chi connectivity index (χ1n) is 8.84. The highest BCUT2D eigenvalue weighted by molar-refractivity contribution is 7.99. The molecule has 24 heavy (non-hydrogen) atoms. The molecule has 3 rings (SSSR count). The number of anilines is 1. The zero-order valence-corrected chi connectivity index (χ0v) is 16.2. The van der Waals surface area contributed by atoms with Crippen LogP contribution in [0.3, 0.4) is 0 Å². The van der Waals surface area contributed by atoms with E-state index in [4.69, 9.17) is 9.72 Å². The number of morpholine rings is 1. The van der Waals surface area contributed by atoms with Gasteiger partial charge in [0.1, 0.15) is 0 Å². The molecule has 2 heterocycles. The van der Waals surface area contributed by atoms with Gasteiger partial charge in [-0.2, -0.15) is 11.8 Å². The van der Waals surface area contributed by atoms with Crippen molar-refractivity contribution in [2.45, 2.75) is 38.4 Å². The predicted octanol–water partition coefficient (Wildman–Crippen LogP) is 2.34. The second-order valence-corrected chi connectivity index (χ2v) is 9.36. The van der Waals surface area contributed by atoms with E-state index in [0.29, 0.717) is 5.25 Å². The number of amides is 1. The number of fused-ring (bicyclic) bond motifs is 1. The van der Waals surface area contributed by atoms with E-state index < -0.39 is 0 Å². The number of aryl methyl sites for hydroxylation is 1. The highest BCUT2D eigenvalue weighted by atomic mass is 32.2. The number of aromatic nitrogens is 1. The molecule has 0 bridgehead atoms. The average molecular weight is 370 g/mol. The lowest BCUT2D eigenvalue weighted by Crippen LogP contribution is -2.36. The van der Waals surface area contributed by atoms with Crippen molar-refractivity contribution in [2.75, 3.05) is 43.5 Å². The first-order chi connectivity index (χ1) is 11.6. The lowest BCUT2D eigenvalue weighted by atomic mass is 9.90. The fraction of sp³-hybridized carbons (Fsp3) is 0.765. The number of carbonyl (C=O) groups excluding carboxylic acids is 1. The van der Waals surface area contributed by atoms with Gasteiger partial charge in [0, 0.05) is 42.6 Å². The Hall–Kier alpha value is -0.790. The Morgan fingerprint density at radius 1 is 1.46 bits per heavy atom. The van der Waals surface area contributed by atoms with E-state index in [0.717, 1.165) is 68.7 Å². The van der Waals surface area contributed by atoms with Crippen LogP contribution in [-0.2, 0) is 22.4 Å². The molecule has 0 saturated carbocycles. The van der Waals surface area contributed by atoms with Gasteiger partial charge < -0.3 is 15.0 Å². The second kappa shape index (κ2) is 8.54. The highest BCUT2D eigenvalue weighted by Crippen LogP contribution is 2.34. The summed E-state index contributed by atoms with van der Waals surface area (Å²) in [6.45, 7) is 8.54. The number of ether oxygens (including phenoxy) is 1. The second-order valence-electron chi connectivity index (χ2n) is 6.62. The minimum absolute atomic E-state index is 0.0844. The molecule has 1 atom stereocenters. The molecule has 0 radical (unpaired) electrons. The van der Waals surface area contributed by atoms with Gasteiger partial charge in [-0.05, 0) is 18.1 Å². The molecule has 0 spiro atoms. The van der Waals surface area contributed by atoms with E-state index in [2.05, 4.69) is 24.1 Å². The smallest absolute Gasteiger partial charge is 0.223 e. The van der Waals surface area contributed by atoms with E-state index in [1.807, 2.05) is 11.8 Å². The van der Waals surface area contributed by atoms with Crippen LogP contribution >= 0.6 is 23.1 Å². The topological polar surface area (TPSA) is 54.5 Å². The third kappa shape index (κ3) is 4.64. The summed E-state index contributed by atoms with van der Waals surface area (Å²) < 4.78 is 5.41. The summed E-state index contributed by atoms with van der Waals surface area (Å²) in [6.07, 6.45) is 2.72. The van der Waals surface area contributed by atoms with Gasteiger partial charge in [0.15, 0.2) is 5.13 Å². The third-order valence-electron chi connectivity index (χ3n) is 4.43. The Labute approximate surface area is 152 Å². The summed E-state index contributed by atoms with van der Waals surface area (Å²) in [5.41, 5.74) is 1.14. The maximum atomic E-state index is 12.4. The maximum Gasteiger partial charge on any atom is 0.223 e. The molecule has 1 N–H and O–H groups in total. The molecule has 1 fully saturated rings. The molecule has 1 aromatic rings. The first kappa shape index (κ1) is 18.0. The lowest BCUT2D eigenvalue weighted by molar-refractivity contribution is -0.125. The molecule has 1 unspecified atom stereocenters. The highest BCUT2D eigenvalue weighted by Gasteiger charge is 2.28. The molecule has 1 saturated heterocycles. The predicted molar refractivity (Wildman–Crippen MR) is 101 cm³/mol. The Balaban J connectivity index is 1.52. The van der Waals surface area contributed by atoms with Gasteiger partial charge in [-0.15, -0.1) is 11.3 Å². The van der Waals surface area contributed by atoms with Crippen LogP contribution in [0.1, 0.15) is 30.8 Å². The number of nitrogens with one attached hydrogen (secondary N) is 1. The van der Waals surface area contributed by atoms with Crippen LogP contribution in [0.5, 0.6) is 0 Å². The number of hydrogen-bond donors (Lipinski definition) is 1. The lowest BCUT2D eigenvalue weighted by Gasteiger charge is -2.26. The summed E-state index contributed by atoms with van der Waals surface area (Å²) in [6, 6.07) is 0. The summed E-state index contributed by atoms with van der Waals surface area (Å²) in [5, 5.41) is 4.82. The fourth-order valence-corrected chi connectivity index (χ4v) is 4.94. The molecular formula is C17H27N3O2S2. The minimum atomic E-state index is 0.0844. The normalized spacial score (nSPS) is 21.0. The van der Waals surface area contributed by atoms with E-state index >= 15 is 0 Å². The Bertz CT molecular complexity index is 556. The van der Waals surface area contributed by atoms with Crippen LogP contribution in [0.15, 0.2) is 0 Å². The van der Waals surface area contributed by atoms with Crippen LogP contribution < -0.4 is 10.2 Å². The number of carbonyl (C=O) groups is 1. The van der Waals surface area contributed by atoms with Crippen LogP contribution in [0.25, 0.3) is 0 Å². The van der Waals surface area contributed by atoms with Crippen molar-refractivity contribution in [2.24, 2.45) is 5.92 Å². The summed E-state index contributed by atoms with van der Waals surface area (Å²) in [4.78, 5) is 20.9. The fourth-order valence-electron chi connectivity index (χ4n) is 3.09. The van der Waals surface area contributed by atoms with Crippen molar-refractivity contribution >= 4 is 34.1 Å². The van der Waals surface area contributed by atoms with Gasteiger partial charge in [-0.1, -0.05) is 13.8 Å². The van der Waals surface area contributed by atoms with Crippen molar-refractivity contribution < 1.29 is 9.53 Å². The van der Waals surface area contributed by atoms with Gasteiger partial charge in [-0.25, -0.2) is 4.98 Å². The van der Waals surface area contributed by atoms with E-state index in [-0.39, 0.29) is 11.8 Å². The number of hydrogen-bond acceptors (Lipinski definition) is 6. The van der Waals surface area contributed by atoms with Gasteiger partial charge >= 0.3 is 0 Å². The molecule has 5 nitrogen and oxygen atoms in total. The van der Waals surface area contributed by atoms with Crippen LogP contribution in [-0.4, -0.2) is 54.7 Å². The van der Waals surface area contributed by atoms with E-state index in [1.165, 1.54) is 4.88 Å². The molecule has 2 aliphatic rings. The Kier molecular flexibility index (Phi) is 6.41. The van der Waals surface area contributed by atoms with Crippen molar-refractivity contribution in [3.05, 3.63) is 10.6 Å². The molecule has 134 valence electrons. The Morgan fingerprint density at radius 3 is 3.00 bits per heavy atom. The maximum absolute atomic E-state index is 12.4. The largest absolute Gasteiger partial charge is 0.378 e. The van der Waals surface area contributed by atoms with Crippen LogP contribution in [0.4, 0.5) is 5.13 Å². The van der Waals surface area contributed by atoms with Crippen molar-refractivity contribution in [1.82, 2.24) is 10.3 Å². The van der Waals surface area contributed by atoms with Crippen LogP contribution in [0, 0.1) is 5.92 Å². The minimum Gasteiger partial charge on any atom is -0.378 e. The summed E-state index contributed by atoms with van der Waals surface area (Å²) >= 11 is 3.69. The summed E-state index contributed by atoms with van der Waals surface area (Å²) in [5.74, 6) is 1.27. The zero-order chi connectivity index (χ0) is 16.9. The molecule has 7 heteroatoms. The Morgan fingerprint density at radius 2 is 2.25 bits per heavy atom. The number of rotatable bonds is 6. The van der Waals surface area contributed by atoms with Gasteiger partial charge in [-0.3, -0.25) is 4.79 Å². The zero-order valence-electron chi connectivity index (χ0n) is 14.5. The molecule has 1 aliphatic heterocycles.